The number of hydrogen-bond acceptors (Lipinski definition) is 4. The Morgan fingerprint density at radius 2 is 1.92 bits per heavy atom. The summed E-state index contributed by atoms with van der Waals surface area (Å²) in [6.45, 7) is -0.742. The second-order valence-corrected chi connectivity index (χ2v) is 5.77. The minimum absolute atomic E-state index is 0.0913. The van der Waals surface area contributed by atoms with Crippen molar-refractivity contribution in [3.05, 3.63) is 53.7 Å². The fourth-order valence-corrected chi connectivity index (χ4v) is 2.82. The van der Waals surface area contributed by atoms with E-state index >= 15 is 0 Å². The molecule has 1 N–H and O–H groups in total. The second-order valence-electron chi connectivity index (χ2n) is 5.77. The molecule has 25 heavy (non-hydrogen) atoms. The summed E-state index contributed by atoms with van der Waals surface area (Å²) in [4.78, 5) is 19.0. The Kier molecular flexibility index (Phi) is 5.42. The Balaban J connectivity index is 1.63. The van der Waals surface area contributed by atoms with Crippen LogP contribution >= 0.6 is 0 Å². The standard InChI is InChI=1S/C18H19F2N3O2/c19-18(20)25-14-7-5-13(6-8-14)12-22-17(24)15-4-3-9-21-16(15)23-10-1-2-11-23/h3-9,18H,1-2,10-12H2,(H,22,24). The van der Waals surface area contributed by atoms with Crippen LogP contribution in [0.3, 0.4) is 0 Å². The van der Waals surface area contributed by atoms with Gasteiger partial charge in [0.1, 0.15) is 11.6 Å². The van der Waals surface area contributed by atoms with Crippen LogP contribution < -0.4 is 15.0 Å². The molecule has 2 heterocycles. The van der Waals surface area contributed by atoms with E-state index in [4.69, 9.17) is 0 Å². The van der Waals surface area contributed by atoms with Crippen molar-refractivity contribution in [2.24, 2.45) is 0 Å². The number of aromatic nitrogens is 1. The van der Waals surface area contributed by atoms with Crippen molar-refractivity contribution in [3.63, 3.8) is 0 Å². The largest absolute Gasteiger partial charge is 0.435 e. The van der Waals surface area contributed by atoms with E-state index in [0.29, 0.717) is 17.9 Å². The first-order valence-corrected chi connectivity index (χ1v) is 8.15. The van der Waals surface area contributed by atoms with Crippen molar-refractivity contribution in [2.75, 3.05) is 18.0 Å². The molecule has 5 nitrogen and oxygen atoms in total. The van der Waals surface area contributed by atoms with E-state index in [-0.39, 0.29) is 11.7 Å². The zero-order chi connectivity index (χ0) is 17.6. The molecule has 3 rings (SSSR count). The lowest BCUT2D eigenvalue weighted by molar-refractivity contribution is -0.0498. The quantitative estimate of drug-likeness (QED) is 0.872. The van der Waals surface area contributed by atoms with Crippen LogP contribution in [-0.2, 0) is 6.54 Å². The molecule has 1 aromatic carbocycles. The maximum Gasteiger partial charge on any atom is 0.387 e. The summed E-state index contributed by atoms with van der Waals surface area (Å²) < 4.78 is 28.6. The number of nitrogens with one attached hydrogen (secondary N) is 1. The van der Waals surface area contributed by atoms with Crippen LogP contribution in [0.15, 0.2) is 42.6 Å². The summed E-state index contributed by atoms with van der Waals surface area (Å²) in [7, 11) is 0. The van der Waals surface area contributed by atoms with Gasteiger partial charge in [0.05, 0.1) is 5.56 Å². The smallest absolute Gasteiger partial charge is 0.387 e. The van der Waals surface area contributed by atoms with Gasteiger partial charge in [-0.25, -0.2) is 4.98 Å². The number of ether oxygens (including phenoxy) is 1. The van der Waals surface area contributed by atoms with Crippen molar-refractivity contribution in [3.8, 4) is 5.75 Å². The van der Waals surface area contributed by atoms with Gasteiger partial charge in [0.2, 0.25) is 0 Å². The Bertz CT molecular complexity index is 717. The lowest BCUT2D eigenvalue weighted by Gasteiger charge is -2.19. The van der Waals surface area contributed by atoms with E-state index in [9.17, 15) is 13.6 Å². The van der Waals surface area contributed by atoms with Crippen LogP contribution in [-0.4, -0.2) is 30.6 Å². The molecule has 0 atom stereocenters. The number of carbonyl (C=O) groups excluding carboxylic acids is 1. The van der Waals surface area contributed by atoms with Gasteiger partial charge in [-0.05, 0) is 42.7 Å². The molecule has 1 fully saturated rings. The number of anilines is 1. The minimum Gasteiger partial charge on any atom is -0.435 e. The lowest BCUT2D eigenvalue weighted by Crippen LogP contribution is -2.27. The topological polar surface area (TPSA) is 54.5 Å². The summed E-state index contributed by atoms with van der Waals surface area (Å²) in [5, 5.41) is 2.84. The predicted octanol–water partition coefficient (Wildman–Crippen LogP) is 3.21. The molecule has 1 amide bonds. The molecule has 0 spiro atoms. The highest BCUT2D eigenvalue weighted by Gasteiger charge is 2.20. The van der Waals surface area contributed by atoms with Gasteiger partial charge in [0, 0.05) is 25.8 Å². The van der Waals surface area contributed by atoms with Crippen molar-refractivity contribution in [1.29, 1.82) is 0 Å². The molecule has 0 radical (unpaired) electrons. The number of rotatable bonds is 6. The summed E-state index contributed by atoms with van der Waals surface area (Å²) in [6.07, 6.45) is 3.89. The van der Waals surface area contributed by atoms with E-state index in [2.05, 4.69) is 19.9 Å². The van der Waals surface area contributed by atoms with E-state index in [1.807, 2.05) is 0 Å². The molecular weight excluding hydrogens is 328 g/mol. The van der Waals surface area contributed by atoms with Crippen LogP contribution in [0.2, 0.25) is 0 Å². The Hall–Kier alpha value is -2.70. The fourth-order valence-electron chi connectivity index (χ4n) is 2.82. The van der Waals surface area contributed by atoms with Crippen LogP contribution in [0.25, 0.3) is 0 Å². The molecule has 2 aromatic rings. The number of hydrogen-bond donors (Lipinski definition) is 1. The Morgan fingerprint density at radius 1 is 1.20 bits per heavy atom. The number of pyridine rings is 1. The maximum absolute atomic E-state index is 12.5. The van der Waals surface area contributed by atoms with Gasteiger partial charge < -0.3 is 15.0 Å². The summed E-state index contributed by atoms with van der Waals surface area (Å²) in [5.41, 5.74) is 1.34. The van der Waals surface area contributed by atoms with E-state index in [1.54, 1.807) is 30.5 Å². The van der Waals surface area contributed by atoms with Crippen LogP contribution in [0.5, 0.6) is 5.75 Å². The van der Waals surface area contributed by atoms with Crippen molar-refractivity contribution in [1.82, 2.24) is 10.3 Å². The van der Waals surface area contributed by atoms with E-state index < -0.39 is 6.61 Å². The molecular formula is C18H19F2N3O2. The average Bonchev–Trinajstić information content (AvgIpc) is 3.15. The molecule has 132 valence electrons. The molecule has 0 saturated carbocycles. The number of alkyl halides is 2. The first kappa shape index (κ1) is 17.1. The number of benzene rings is 1. The fraction of sp³-hybridized carbons (Fsp3) is 0.333. The normalized spacial score (nSPS) is 14.0. The first-order valence-electron chi connectivity index (χ1n) is 8.15. The second kappa shape index (κ2) is 7.92. The molecule has 0 aliphatic carbocycles. The molecule has 7 heteroatoms. The Labute approximate surface area is 144 Å². The van der Waals surface area contributed by atoms with E-state index in [0.717, 1.165) is 31.5 Å². The third-order valence-corrected chi connectivity index (χ3v) is 4.04. The average molecular weight is 347 g/mol. The maximum atomic E-state index is 12.5. The number of halogens is 2. The molecule has 0 unspecified atom stereocenters. The highest BCUT2D eigenvalue weighted by Crippen LogP contribution is 2.22. The lowest BCUT2D eigenvalue weighted by atomic mass is 10.2. The highest BCUT2D eigenvalue weighted by atomic mass is 19.3. The first-order chi connectivity index (χ1) is 12.1. The summed E-state index contributed by atoms with van der Waals surface area (Å²) in [5.74, 6) is 0.592. The number of amides is 1. The zero-order valence-corrected chi connectivity index (χ0v) is 13.6. The summed E-state index contributed by atoms with van der Waals surface area (Å²) in [6, 6.07) is 9.69. The van der Waals surface area contributed by atoms with Gasteiger partial charge in [-0.2, -0.15) is 8.78 Å². The van der Waals surface area contributed by atoms with Gasteiger partial charge in [0.25, 0.3) is 5.91 Å². The van der Waals surface area contributed by atoms with Crippen molar-refractivity contribution in [2.45, 2.75) is 26.0 Å². The molecule has 1 aliphatic heterocycles. The van der Waals surface area contributed by atoms with Crippen molar-refractivity contribution < 1.29 is 18.3 Å². The van der Waals surface area contributed by atoms with Gasteiger partial charge in [-0.1, -0.05) is 12.1 Å². The summed E-state index contributed by atoms with van der Waals surface area (Å²) >= 11 is 0. The van der Waals surface area contributed by atoms with Gasteiger partial charge in [-0.15, -0.1) is 0 Å². The van der Waals surface area contributed by atoms with Crippen LogP contribution in [0.4, 0.5) is 14.6 Å². The Morgan fingerprint density at radius 3 is 2.60 bits per heavy atom. The third kappa shape index (κ3) is 4.43. The molecule has 0 bridgehead atoms. The zero-order valence-electron chi connectivity index (χ0n) is 13.6. The highest BCUT2D eigenvalue weighted by molar-refractivity contribution is 5.98. The van der Waals surface area contributed by atoms with Gasteiger partial charge >= 0.3 is 6.61 Å². The van der Waals surface area contributed by atoms with Crippen molar-refractivity contribution >= 4 is 11.7 Å². The molecule has 1 aromatic heterocycles. The van der Waals surface area contributed by atoms with Gasteiger partial charge in [-0.3, -0.25) is 4.79 Å². The van der Waals surface area contributed by atoms with E-state index in [1.165, 1.54) is 12.1 Å². The number of carbonyl (C=O) groups is 1. The van der Waals surface area contributed by atoms with Crippen LogP contribution in [0, 0.1) is 0 Å². The number of nitrogens with zero attached hydrogens (tertiary/aromatic N) is 2. The molecule has 1 aliphatic rings. The predicted molar refractivity (Wildman–Crippen MR) is 89.9 cm³/mol. The third-order valence-electron chi connectivity index (χ3n) is 4.04. The minimum atomic E-state index is -2.85. The van der Waals surface area contributed by atoms with Gasteiger partial charge in [0.15, 0.2) is 0 Å². The molecule has 1 saturated heterocycles. The van der Waals surface area contributed by atoms with Crippen LogP contribution in [0.1, 0.15) is 28.8 Å². The SMILES string of the molecule is O=C(NCc1ccc(OC(F)F)cc1)c1cccnc1N1CCCC1. The monoisotopic (exact) mass is 347 g/mol.